The van der Waals surface area contributed by atoms with E-state index >= 15 is 0 Å². The molecular formula is C6H9N3O2S. The van der Waals surface area contributed by atoms with E-state index < -0.39 is 4.92 Å². The predicted molar refractivity (Wildman–Crippen MR) is 47.5 cm³/mol. The average Bonchev–Trinajstić information content (AvgIpc) is 2.34. The van der Waals surface area contributed by atoms with E-state index in [1.54, 1.807) is 6.92 Å². The Kier molecular flexibility index (Phi) is 2.69. The summed E-state index contributed by atoms with van der Waals surface area (Å²) in [6.07, 6.45) is 1.26. The molecule has 5 nitrogen and oxygen atoms in total. The van der Waals surface area contributed by atoms with Crippen LogP contribution in [0.5, 0.6) is 0 Å². The minimum absolute atomic E-state index is 0.0292. The number of hydrogen-bond acceptors (Lipinski definition) is 4. The number of thiol groups is 1. The van der Waals surface area contributed by atoms with Crippen molar-refractivity contribution < 1.29 is 4.92 Å². The van der Waals surface area contributed by atoms with Crippen molar-refractivity contribution in [3.05, 3.63) is 22.1 Å². The van der Waals surface area contributed by atoms with Gasteiger partial charge in [-0.2, -0.15) is 12.6 Å². The second-order valence-electron chi connectivity index (χ2n) is 2.30. The normalized spacial score (nSPS) is 10.2. The van der Waals surface area contributed by atoms with Crippen molar-refractivity contribution in [3.8, 4) is 0 Å². The molecule has 66 valence electrons. The van der Waals surface area contributed by atoms with Gasteiger partial charge in [0.1, 0.15) is 12.7 Å². The summed E-state index contributed by atoms with van der Waals surface area (Å²) in [5.41, 5.74) is 0. The lowest BCUT2D eigenvalue weighted by atomic mass is 10.6. The molecule has 0 atom stereocenters. The number of nitrogens with zero attached hydrogens (tertiary/aromatic N) is 3. The van der Waals surface area contributed by atoms with Crippen molar-refractivity contribution >= 4 is 18.4 Å². The van der Waals surface area contributed by atoms with Crippen LogP contribution in [0.25, 0.3) is 0 Å². The molecule has 0 N–H and O–H groups in total. The Labute approximate surface area is 75.0 Å². The van der Waals surface area contributed by atoms with E-state index in [0.717, 1.165) is 0 Å². The minimum atomic E-state index is -0.441. The number of imidazole rings is 1. The van der Waals surface area contributed by atoms with Gasteiger partial charge in [-0.1, -0.05) is 0 Å². The van der Waals surface area contributed by atoms with Crippen LogP contribution >= 0.6 is 12.6 Å². The number of nitro groups is 1. The van der Waals surface area contributed by atoms with Gasteiger partial charge in [0.25, 0.3) is 0 Å². The third kappa shape index (κ3) is 1.58. The zero-order valence-corrected chi connectivity index (χ0v) is 7.49. The van der Waals surface area contributed by atoms with Gasteiger partial charge in [0.2, 0.25) is 0 Å². The van der Waals surface area contributed by atoms with E-state index in [4.69, 9.17) is 0 Å². The van der Waals surface area contributed by atoms with Crippen molar-refractivity contribution in [2.75, 3.05) is 5.75 Å². The third-order valence-electron chi connectivity index (χ3n) is 1.54. The van der Waals surface area contributed by atoms with Crippen LogP contribution in [0, 0.1) is 17.0 Å². The molecule has 1 heterocycles. The van der Waals surface area contributed by atoms with E-state index in [1.807, 2.05) is 0 Å². The van der Waals surface area contributed by atoms with Gasteiger partial charge in [-0.25, -0.2) is 9.55 Å². The summed E-state index contributed by atoms with van der Waals surface area (Å²) >= 11 is 4.00. The van der Waals surface area contributed by atoms with Gasteiger partial charge in [-0.05, 0) is 4.92 Å². The lowest BCUT2D eigenvalue weighted by Crippen LogP contribution is -2.05. The predicted octanol–water partition coefficient (Wildman–Crippen LogP) is 1.03. The van der Waals surface area contributed by atoms with Crippen molar-refractivity contribution in [1.82, 2.24) is 9.55 Å². The molecule has 0 spiro atoms. The first-order valence-electron chi connectivity index (χ1n) is 3.44. The Balaban J connectivity index is 3.03. The van der Waals surface area contributed by atoms with E-state index in [1.165, 1.54) is 10.8 Å². The average molecular weight is 187 g/mol. The maximum absolute atomic E-state index is 10.4. The lowest BCUT2D eigenvalue weighted by Gasteiger charge is -1.98. The number of hydrogen-bond donors (Lipinski definition) is 1. The molecule has 0 saturated heterocycles. The van der Waals surface area contributed by atoms with Gasteiger partial charge in [0.15, 0.2) is 5.82 Å². The first-order valence-corrected chi connectivity index (χ1v) is 4.07. The highest BCUT2D eigenvalue weighted by Crippen LogP contribution is 2.12. The molecule has 0 aliphatic rings. The fraction of sp³-hybridized carbons (Fsp3) is 0.500. The molecule has 0 saturated carbocycles. The zero-order chi connectivity index (χ0) is 9.14. The van der Waals surface area contributed by atoms with E-state index in [0.29, 0.717) is 18.1 Å². The first-order chi connectivity index (χ1) is 5.66. The van der Waals surface area contributed by atoms with Crippen molar-refractivity contribution in [2.45, 2.75) is 13.5 Å². The van der Waals surface area contributed by atoms with Crippen molar-refractivity contribution in [2.24, 2.45) is 0 Å². The van der Waals surface area contributed by atoms with Gasteiger partial charge < -0.3 is 10.1 Å². The SMILES string of the molecule is Cc1ncc([N+](=O)[O-])n1CCS. The maximum atomic E-state index is 10.4. The molecule has 0 fully saturated rings. The molecule has 6 heteroatoms. The Morgan fingerprint density at radius 2 is 2.50 bits per heavy atom. The summed E-state index contributed by atoms with van der Waals surface area (Å²) in [6, 6.07) is 0. The van der Waals surface area contributed by atoms with Gasteiger partial charge in [-0.15, -0.1) is 0 Å². The van der Waals surface area contributed by atoms with Gasteiger partial charge in [0, 0.05) is 12.7 Å². The summed E-state index contributed by atoms with van der Waals surface area (Å²) in [7, 11) is 0. The number of aryl methyl sites for hydroxylation is 1. The fourth-order valence-electron chi connectivity index (χ4n) is 0.978. The largest absolute Gasteiger partial charge is 0.358 e. The molecule has 1 aromatic rings. The van der Waals surface area contributed by atoms with E-state index in [9.17, 15) is 10.1 Å². The maximum Gasteiger partial charge on any atom is 0.342 e. The molecule has 1 rings (SSSR count). The highest BCUT2D eigenvalue weighted by atomic mass is 32.1. The van der Waals surface area contributed by atoms with Gasteiger partial charge in [0.05, 0.1) is 0 Å². The van der Waals surface area contributed by atoms with Crippen LogP contribution in [0.3, 0.4) is 0 Å². The highest BCUT2D eigenvalue weighted by molar-refractivity contribution is 7.80. The first kappa shape index (κ1) is 9.05. The Morgan fingerprint density at radius 1 is 1.83 bits per heavy atom. The van der Waals surface area contributed by atoms with Crippen LogP contribution in [0.15, 0.2) is 6.20 Å². The van der Waals surface area contributed by atoms with Crippen LogP contribution in [0.4, 0.5) is 5.82 Å². The Morgan fingerprint density at radius 3 is 3.00 bits per heavy atom. The number of aromatic nitrogens is 2. The van der Waals surface area contributed by atoms with Crippen molar-refractivity contribution in [3.63, 3.8) is 0 Å². The second kappa shape index (κ2) is 3.57. The van der Waals surface area contributed by atoms with Crippen molar-refractivity contribution in [1.29, 1.82) is 0 Å². The summed E-state index contributed by atoms with van der Waals surface area (Å²) in [6.45, 7) is 2.25. The van der Waals surface area contributed by atoms with Gasteiger partial charge >= 0.3 is 5.82 Å². The summed E-state index contributed by atoms with van der Waals surface area (Å²) < 4.78 is 1.53. The molecule has 0 bridgehead atoms. The molecule has 0 amide bonds. The standard InChI is InChI=1S/C6H9N3O2S/c1-5-7-4-6(9(10)11)8(5)2-3-12/h4,12H,2-3H2,1H3. The minimum Gasteiger partial charge on any atom is -0.358 e. The van der Waals surface area contributed by atoms with Crippen LogP contribution in [0.1, 0.15) is 5.82 Å². The summed E-state index contributed by atoms with van der Waals surface area (Å²) in [5.74, 6) is 1.25. The van der Waals surface area contributed by atoms with Crippen LogP contribution < -0.4 is 0 Å². The van der Waals surface area contributed by atoms with E-state index in [2.05, 4.69) is 17.6 Å². The van der Waals surface area contributed by atoms with Gasteiger partial charge in [-0.3, -0.25) is 0 Å². The Hall–Kier alpha value is -1.04. The molecule has 0 aliphatic heterocycles. The molecule has 1 aromatic heterocycles. The highest BCUT2D eigenvalue weighted by Gasteiger charge is 2.15. The van der Waals surface area contributed by atoms with Crippen LogP contribution in [-0.4, -0.2) is 20.2 Å². The second-order valence-corrected chi connectivity index (χ2v) is 2.74. The van der Waals surface area contributed by atoms with Crippen LogP contribution in [0.2, 0.25) is 0 Å². The summed E-state index contributed by atoms with van der Waals surface area (Å²) in [4.78, 5) is 13.8. The lowest BCUT2D eigenvalue weighted by molar-refractivity contribution is -0.392. The molecular weight excluding hydrogens is 178 g/mol. The van der Waals surface area contributed by atoms with E-state index in [-0.39, 0.29) is 5.82 Å². The topological polar surface area (TPSA) is 61.0 Å². The summed E-state index contributed by atoms with van der Waals surface area (Å²) in [5, 5.41) is 10.4. The third-order valence-corrected chi connectivity index (χ3v) is 1.74. The Bertz CT molecular complexity index is 297. The fourth-order valence-corrected chi connectivity index (χ4v) is 1.18. The molecule has 0 radical (unpaired) electrons. The quantitative estimate of drug-likeness (QED) is 0.436. The molecule has 0 unspecified atom stereocenters. The number of rotatable bonds is 3. The van der Waals surface area contributed by atoms with Crippen LogP contribution in [-0.2, 0) is 6.54 Å². The molecule has 0 aliphatic carbocycles. The monoisotopic (exact) mass is 187 g/mol. The molecule has 0 aromatic carbocycles. The zero-order valence-electron chi connectivity index (χ0n) is 6.60. The smallest absolute Gasteiger partial charge is 0.342 e. The molecule has 12 heavy (non-hydrogen) atoms.